The molecule has 0 aliphatic carbocycles. The third kappa shape index (κ3) is 5.71. The van der Waals surface area contributed by atoms with Crippen LogP contribution >= 0.6 is 0 Å². The molecule has 0 aromatic rings. The van der Waals surface area contributed by atoms with Gasteiger partial charge in [0.25, 0.3) is 0 Å². The fourth-order valence-electron chi connectivity index (χ4n) is 0.998. The summed E-state index contributed by atoms with van der Waals surface area (Å²) >= 11 is 0. The number of allylic oxidation sites excluding steroid dienone is 1. The molecule has 0 aliphatic heterocycles. The molecule has 0 saturated heterocycles. The number of hydrogen-bond acceptors (Lipinski definition) is 4. The highest BCUT2D eigenvalue weighted by Crippen LogP contribution is 2.06. The zero-order chi connectivity index (χ0) is 11.7. The smallest absolute Gasteiger partial charge is 0.425 e. The molecule has 15 heavy (non-hydrogen) atoms. The van der Waals surface area contributed by atoms with Crippen LogP contribution < -0.4 is 5.11 Å². The summed E-state index contributed by atoms with van der Waals surface area (Å²) < 4.78 is 10.6. The number of hydrogen-bond donors (Lipinski definition) is 0. The van der Waals surface area contributed by atoms with E-state index in [1.807, 2.05) is 20.8 Å². The lowest BCUT2D eigenvalue weighted by molar-refractivity contribution is -0.298. The van der Waals surface area contributed by atoms with E-state index < -0.39 is 15.3 Å². The van der Waals surface area contributed by atoms with Crippen molar-refractivity contribution in [3.05, 3.63) is 11.3 Å². The van der Waals surface area contributed by atoms with Gasteiger partial charge in [-0.2, -0.15) is 0 Å². The lowest BCUT2D eigenvalue weighted by Crippen LogP contribution is -2.37. The Kier molecular flexibility index (Phi) is 8.26. The molecule has 87 valence electrons. The van der Waals surface area contributed by atoms with Crippen molar-refractivity contribution in [3.8, 4) is 0 Å². The first-order valence-electron chi connectivity index (χ1n) is 5.21. The van der Waals surface area contributed by atoms with Crippen LogP contribution in [0.4, 0.5) is 0 Å². The minimum atomic E-state index is -1.86. The predicted molar refractivity (Wildman–Crippen MR) is 57.0 cm³/mol. The Balaban J connectivity index is 4.58. The second kappa shape index (κ2) is 8.64. The lowest BCUT2D eigenvalue weighted by Gasteiger charge is -2.17. The van der Waals surface area contributed by atoms with Gasteiger partial charge in [0.05, 0.1) is 5.97 Å². The molecule has 0 bridgehead atoms. The Morgan fingerprint density at radius 2 is 1.80 bits per heavy atom. The summed E-state index contributed by atoms with van der Waals surface area (Å²) in [5.74, 6) is -1.18. The number of carboxylic acid groups (broad SMARTS) is 1. The van der Waals surface area contributed by atoms with Crippen LogP contribution in [-0.2, 0) is 13.6 Å². The lowest BCUT2D eigenvalue weighted by atomic mass is 10.3. The van der Waals surface area contributed by atoms with E-state index in [-0.39, 0.29) is 5.20 Å². The fraction of sp³-hybridized carbons (Fsp3) is 0.700. The van der Waals surface area contributed by atoms with E-state index in [1.165, 1.54) is 0 Å². The van der Waals surface area contributed by atoms with E-state index in [0.29, 0.717) is 19.6 Å². The van der Waals surface area contributed by atoms with Gasteiger partial charge < -0.3 is 18.8 Å². The van der Waals surface area contributed by atoms with Crippen molar-refractivity contribution in [2.75, 3.05) is 13.2 Å². The van der Waals surface area contributed by atoms with Crippen LogP contribution in [0.2, 0.25) is 0 Å². The Morgan fingerprint density at radius 1 is 1.27 bits per heavy atom. The maximum atomic E-state index is 10.9. The molecule has 0 unspecified atom stereocenters. The van der Waals surface area contributed by atoms with Crippen LogP contribution in [0.15, 0.2) is 11.3 Å². The Bertz CT molecular complexity index is 209. The van der Waals surface area contributed by atoms with Crippen molar-refractivity contribution >= 4 is 15.3 Å². The second-order valence-electron chi connectivity index (χ2n) is 2.85. The van der Waals surface area contributed by atoms with Crippen LogP contribution in [0.25, 0.3) is 0 Å². The standard InChI is InChI=1S/C10H19O4Si/c1-4-7-8-9(10(11)12)15(13-5-2)14-6-3/h8H,4-7H2,1-3H3,(H,11,12)/p-1/b9-8+. The molecule has 0 aliphatic rings. The molecule has 0 heterocycles. The van der Waals surface area contributed by atoms with E-state index in [4.69, 9.17) is 8.85 Å². The van der Waals surface area contributed by atoms with E-state index in [9.17, 15) is 9.90 Å². The molecule has 0 rings (SSSR count). The number of carbonyl (C=O) groups excluding carboxylic acids is 1. The highest BCUT2D eigenvalue weighted by molar-refractivity contribution is 6.60. The maximum absolute atomic E-state index is 10.9. The molecular formula is C10H18O4Si-. The number of unbranched alkanes of at least 4 members (excludes halogenated alkanes) is 1. The Hall–Kier alpha value is -0.653. The van der Waals surface area contributed by atoms with Crippen LogP contribution in [0.5, 0.6) is 0 Å². The highest BCUT2D eigenvalue weighted by Gasteiger charge is 2.21. The summed E-state index contributed by atoms with van der Waals surface area (Å²) in [6.45, 7) is 6.51. The summed E-state index contributed by atoms with van der Waals surface area (Å²) in [6.07, 6.45) is 3.25. The van der Waals surface area contributed by atoms with Crippen molar-refractivity contribution < 1.29 is 18.8 Å². The van der Waals surface area contributed by atoms with E-state index in [1.54, 1.807) is 6.08 Å². The van der Waals surface area contributed by atoms with Gasteiger partial charge in [-0.25, -0.2) is 0 Å². The minimum Gasteiger partial charge on any atom is -0.545 e. The van der Waals surface area contributed by atoms with E-state index in [2.05, 4.69) is 0 Å². The number of rotatable bonds is 8. The first-order valence-corrected chi connectivity index (χ1v) is 6.53. The van der Waals surface area contributed by atoms with Gasteiger partial charge in [-0.05, 0) is 20.3 Å². The Morgan fingerprint density at radius 3 is 2.13 bits per heavy atom. The van der Waals surface area contributed by atoms with Crippen molar-refractivity contribution in [2.45, 2.75) is 33.6 Å². The van der Waals surface area contributed by atoms with E-state index >= 15 is 0 Å². The largest absolute Gasteiger partial charge is 0.545 e. The number of aliphatic carboxylic acids is 1. The molecule has 5 heteroatoms. The normalized spacial score (nSPS) is 12.1. The molecule has 0 aromatic heterocycles. The number of carbonyl (C=O) groups is 1. The van der Waals surface area contributed by atoms with Crippen molar-refractivity contribution in [1.29, 1.82) is 0 Å². The van der Waals surface area contributed by atoms with Crippen LogP contribution in [0, 0.1) is 0 Å². The average molecular weight is 230 g/mol. The molecular weight excluding hydrogens is 212 g/mol. The molecule has 4 nitrogen and oxygen atoms in total. The summed E-state index contributed by atoms with van der Waals surface area (Å²) in [7, 11) is -1.86. The SMILES string of the molecule is CCC/C=C(\C(=O)[O-])[Si](OCC)OCC. The molecule has 0 amide bonds. The van der Waals surface area contributed by atoms with Gasteiger partial charge >= 0.3 is 9.28 Å². The summed E-state index contributed by atoms with van der Waals surface area (Å²) in [5, 5.41) is 11.1. The quantitative estimate of drug-likeness (QED) is 0.451. The van der Waals surface area contributed by atoms with Crippen molar-refractivity contribution in [1.82, 2.24) is 0 Å². The van der Waals surface area contributed by atoms with Gasteiger partial charge in [0.2, 0.25) is 0 Å². The zero-order valence-corrected chi connectivity index (χ0v) is 10.5. The third-order valence-electron chi connectivity index (χ3n) is 1.63. The third-order valence-corrected chi connectivity index (χ3v) is 3.58. The first kappa shape index (κ1) is 14.3. The van der Waals surface area contributed by atoms with Gasteiger partial charge in [-0.1, -0.05) is 19.4 Å². The molecule has 0 aromatic carbocycles. The molecule has 1 radical (unpaired) electrons. The van der Waals surface area contributed by atoms with Crippen LogP contribution in [-0.4, -0.2) is 28.5 Å². The first-order chi connectivity index (χ1) is 7.17. The number of carboxylic acids is 1. The predicted octanol–water partition coefficient (Wildman–Crippen LogP) is 0.563. The zero-order valence-electron chi connectivity index (χ0n) is 9.54. The average Bonchev–Trinajstić information content (AvgIpc) is 2.18. The highest BCUT2D eigenvalue weighted by atomic mass is 28.3. The van der Waals surface area contributed by atoms with Gasteiger partial charge in [0, 0.05) is 18.4 Å². The molecule has 0 spiro atoms. The monoisotopic (exact) mass is 230 g/mol. The van der Waals surface area contributed by atoms with Crippen LogP contribution in [0.3, 0.4) is 0 Å². The van der Waals surface area contributed by atoms with Gasteiger partial charge in [0.1, 0.15) is 0 Å². The molecule has 0 N–H and O–H groups in total. The molecule has 0 saturated carbocycles. The summed E-state index contributed by atoms with van der Waals surface area (Å²) in [6, 6.07) is 0. The topological polar surface area (TPSA) is 58.6 Å². The molecule has 0 fully saturated rings. The van der Waals surface area contributed by atoms with E-state index in [0.717, 1.165) is 6.42 Å². The second-order valence-corrected chi connectivity index (χ2v) is 4.54. The minimum absolute atomic E-state index is 0.186. The van der Waals surface area contributed by atoms with Crippen LogP contribution in [0.1, 0.15) is 33.6 Å². The van der Waals surface area contributed by atoms with Gasteiger partial charge in [-0.3, -0.25) is 0 Å². The van der Waals surface area contributed by atoms with Crippen molar-refractivity contribution in [3.63, 3.8) is 0 Å². The summed E-state index contributed by atoms with van der Waals surface area (Å²) in [5.41, 5.74) is 0. The summed E-state index contributed by atoms with van der Waals surface area (Å²) in [4.78, 5) is 10.9. The van der Waals surface area contributed by atoms with Gasteiger partial charge in [-0.15, -0.1) is 0 Å². The van der Waals surface area contributed by atoms with Gasteiger partial charge in [0.15, 0.2) is 0 Å². The molecule has 0 atom stereocenters. The fourth-order valence-corrected chi connectivity index (χ4v) is 2.39. The Labute approximate surface area is 92.7 Å². The maximum Gasteiger partial charge on any atom is 0.425 e. The van der Waals surface area contributed by atoms with Crippen molar-refractivity contribution in [2.24, 2.45) is 0 Å².